The van der Waals surface area contributed by atoms with E-state index in [1.165, 1.54) is 12.1 Å². The van der Waals surface area contributed by atoms with Gasteiger partial charge in [0.15, 0.2) is 6.04 Å². The number of benzene rings is 1. The Kier molecular flexibility index (Phi) is 5.57. The van der Waals surface area contributed by atoms with Crippen molar-refractivity contribution in [3.8, 4) is 0 Å². The third-order valence-corrected chi connectivity index (χ3v) is 2.68. The van der Waals surface area contributed by atoms with Gasteiger partial charge >= 0.3 is 12.1 Å². The number of aliphatic hydroxyl groups excluding tert-OH is 1. The van der Waals surface area contributed by atoms with Crippen molar-refractivity contribution in [1.29, 1.82) is 0 Å². The van der Waals surface area contributed by atoms with Gasteiger partial charge in [0.2, 0.25) is 0 Å². The number of carbonyl (C=O) groups excluding carboxylic acids is 1. The Hall–Kier alpha value is -1.79. The average molecular weight is 316 g/mol. The van der Waals surface area contributed by atoms with E-state index in [1.54, 1.807) is 32.9 Å². The number of carboxylic acids is 1. The highest BCUT2D eigenvalue weighted by atomic mass is 35.5. The fourth-order valence-electron chi connectivity index (χ4n) is 1.59. The van der Waals surface area contributed by atoms with Crippen LogP contribution in [-0.2, 0) is 9.53 Å². The van der Waals surface area contributed by atoms with E-state index in [1.807, 2.05) is 0 Å². The van der Waals surface area contributed by atoms with Crippen LogP contribution in [0.4, 0.5) is 4.79 Å². The molecule has 3 N–H and O–H groups in total. The minimum Gasteiger partial charge on any atom is -0.480 e. The lowest BCUT2D eigenvalue weighted by atomic mass is 10.0. The molecule has 0 aliphatic rings. The highest BCUT2D eigenvalue weighted by Gasteiger charge is 2.31. The molecule has 0 bridgehead atoms. The molecule has 1 aromatic carbocycles. The highest BCUT2D eigenvalue weighted by molar-refractivity contribution is 6.30. The molecular formula is C14H18ClNO5. The molecule has 2 atom stereocenters. The summed E-state index contributed by atoms with van der Waals surface area (Å²) in [6, 6.07) is 4.57. The SMILES string of the molecule is CC(C)(C)OC(=O)N[C@@H](C(=O)O)[C@@H](O)c1cccc(Cl)c1. The molecule has 1 aromatic rings. The van der Waals surface area contributed by atoms with Crippen LogP contribution in [0.5, 0.6) is 0 Å². The number of alkyl carbamates (subject to hydrolysis) is 1. The number of carbonyl (C=O) groups is 2. The molecule has 0 saturated heterocycles. The number of ether oxygens (including phenoxy) is 1. The first kappa shape index (κ1) is 17.3. The summed E-state index contributed by atoms with van der Waals surface area (Å²) < 4.78 is 4.98. The van der Waals surface area contributed by atoms with Crippen LogP contribution < -0.4 is 5.32 Å². The summed E-state index contributed by atoms with van der Waals surface area (Å²) in [6.45, 7) is 4.95. The molecular weight excluding hydrogens is 298 g/mol. The van der Waals surface area contributed by atoms with Crippen LogP contribution in [-0.4, -0.2) is 33.9 Å². The zero-order valence-corrected chi connectivity index (χ0v) is 12.7. The molecule has 0 heterocycles. The molecule has 0 spiro atoms. The number of carboxylic acid groups (broad SMARTS) is 1. The van der Waals surface area contributed by atoms with Crippen LogP contribution in [0.25, 0.3) is 0 Å². The summed E-state index contributed by atoms with van der Waals surface area (Å²) in [5.41, 5.74) is -0.486. The fraction of sp³-hybridized carbons (Fsp3) is 0.429. The second kappa shape index (κ2) is 6.78. The molecule has 0 aliphatic carbocycles. The van der Waals surface area contributed by atoms with Gasteiger partial charge in [-0.3, -0.25) is 0 Å². The van der Waals surface area contributed by atoms with Crippen LogP contribution in [0.2, 0.25) is 5.02 Å². The van der Waals surface area contributed by atoms with Crippen molar-refractivity contribution in [2.24, 2.45) is 0 Å². The van der Waals surface area contributed by atoms with Crippen LogP contribution >= 0.6 is 11.6 Å². The third-order valence-electron chi connectivity index (χ3n) is 2.44. The van der Waals surface area contributed by atoms with Crippen molar-refractivity contribution in [3.63, 3.8) is 0 Å². The predicted molar refractivity (Wildman–Crippen MR) is 77.2 cm³/mol. The Morgan fingerprint density at radius 2 is 1.95 bits per heavy atom. The van der Waals surface area contributed by atoms with E-state index in [2.05, 4.69) is 5.32 Å². The minimum absolute atomic E-state index is 0.283. The van der Waals surface area contributed by atoms with Gasteiger partial charge in [-0.1, -0.05) is 23.7 Å². The molecule has 0 fully saturated rings. The fourth-order valence-corrected chi connectivity index (χ4v) is 1.79. The Bertz CT molecular complexity index is 526. The summed E-state index contributed by atoms with van der Waals surface area (Å²) >= 11 is 5.80. The van der Waals surface area contributed by atoms with E-state index in [-0.39, 0.29) is 5.56 Å². The summed E-state index contributed by atoms with van der Waals surface area (Å²) in [7, 11) is 0. The van der Waals surface area contributed by atoms with E-state index in [0.717, 1.165) is 0 Å². The summed E-state index contributed by atoms with van der Waals surface area (Å²) in [5.74, 6) is -1.38. The number of nitrogens with one attached hydrogen (secondary N) is 1. The molecule has 0 saturated carbocycles. The summed E-state index contributed by atoms with van der Waals surface area (Å²) in [5, 5.41) is 21.8. The number of hydrogen-bond donors (Lipinski definition) is 3. The first-order chi connectivity index (χ1) is 9.60. The second-order valence-corrected chi connectivity index (χ2v) is 5.90. The van der Waals surface area contributed by atoms with Gasteiger partial charge in [-0.05, 0) is 38.5 Å². The smallest absolute Gasteiger partial charge is 0.408 e. The van der Waals surface area contributed by atoms with Crippen molar-refractivity contribution < 1.29 is 24.5 Å². The number of amides is 1. The number of hydrogen-bond acceptors (Lipinski definition) is 4. The van der Waals surface area contributed by atoms with E-state index in [4.69, 9.17) is 21.4 Å². The second-order valence-electron chi connectivity index (χ2n) is 5.46. The highest BCUT2D eigenvalue weighted by Crippen LogP contribution is 2.21. The number of aliphatic hydroxyl groups is 1. The molecule has 7 heteroatoms. The Morgan fingerprint density at radius 1 is 1.33 bits per heavy atom. The van der Waals surface area contributed by atoms with Gasteiger partial charge in [-0.2, -0.15) is 0 Å². The van der Waals surface area contributed by atoms with Crippen molar-refractivity contribution in [2.75, 3.05) is 0 Å². The quantitative estimate of drug-likeness (QED) is 0.792. The Morgan fingerprint density at radius 3 is 2.43 bits per heavy atom. The van der Waals surface area contributed by atoms with E-state index >= 15 is 0 Å². The molecule has 0 aliphatic heterocycles. The Labute approximate surface area is 127 Å². The van der Waals surface area contributed by atoms with Gasteiger partial charge < -0.3 is 20.3 Å². The largest absolute Gasteiger partial charge is 0.480 e. The normalized spacial score (nSPS) is 14.1. The molecule has 116 valence electrons. The van der Waals surface area contributed by atoms with E-state index in [0.29, 0.717) is 5.02 Å². The van der Waals surface area contributed by atoms with Crippen molar-refractivity contribution in [3.05, 3.63) is 34.9 Å². The van der Waals surface area contributed by atoms with Gasteiger partial charge in [0.1, 0.15) is 11.7 Å². The van der Waals surface area contributed by atoms with E-state index < -0.39 is 29.8 Å². The third kappa shape index (κ3) is 5.61. The van der Waals surface area contributed by atoms with Crippen LogP contribution in [0, 0.1) is 0 Å². The molecule has 0 radical (unpaired) electrons. The molecule has 6 nitrogen and oxygen atoms in total. The lowest BCUT2D eigenvalue weighted by Crippen LogP contribution is -2.46. The molecule has 1 amide bonds. The number of rotatable bonds is 4. The van der Waals surface area contributed by atoms with Gasteiger partial charge in [0, 0.05) is 5.02 Å². The Balaban J connectivity index is 2.87. The van der Waals surface area contributed by atoms with Crippen molar-refractivity contribution in [2.45, 2.75) is 38.5 Å². The topological polar surface area (TPSA) is 95.9 Å². The molecule has 1 rings (SSSR count). The molecule has 0 unspecified atom stereocenters. The van der Waals surface area contributed by atoms with Gasteiger partial charge in [0.05, 0.1) is 0 Å². The van der Waals surface area contributed by atoms with Crippen molar-refractivity contribution in [1.82, 2.24) is 5.32 Å². The van der Waals surface area contributed by atoms with Crippen molar-refractivity contribution >= 4 is 23.7 Å². The first-order valence-corrected chi connectivity index (χ1v) is 6.64. The lowest BCUT2D eigenvalue weighted by molar-refractivity contribution is -0.142. The summed E-state index contributed by atoms with van der Waals surface area (Å²) in [4.78, 5) is 22.9. The average Bonchev–Trinajstić information content (AvgIpc) is 2.32. The zero-order valence-electron chi connectivity index (χ0n) is 12.0. The number of aliphatic carboxylic acids is 1. The monoisotopic (exact) mass is 315 g/mol. The predicted octanol–water partition coefficient (Wildman–Crippen LogP) is 2.35. The van der Waals surface area contributed by atoms with Gasteiger partial charge in [-0.25, -0.2) is 9.59 Å². The van der Waals surface area contributed by atoms with Crippen LogP contribution in [0.3, 0.4) is 0 Å². The van der Waals surface area contributed by atoms with Crippen LogP contribution in [0.15, 0.2) is 24.3 Å². The molecule has 21 heavy (non-hydrogen) atoms. The van der Waals surface area contributed by atoms with Crippen LogP contribution in [0.1, 0.15) is 32.4 Å². The minimum atomic E-state index is -1.54. The maximum absolute atomic E-state index is 11.6. The molecule has 0 aromatic heterocycles. The van der Waals surface area contributed by atoms with Gasteiger partial charge in [0.25, 0.3) is 0 Å². The van der Waals surface area contributed by atoms with Gasteiger partial charge in [-0.15, -0.1) is 0 Å². The first-order valence-electron chi connectivity index (χ1n) is 6.26. The lowest BCUT2D eigenvalue weighted by Gasteiger charge is -2.24. The number of halogens is 1. The zero-order chi connectivity index (χ0) is 16.2. The standard InChI is InChI=1S/C14H18ClNO5/c1-14(2,3)21-13(20)16-10(12(18)19)11(17)8-5-4-6-9(15)7-8/h4-7,10-11,17H,1-3H3,(H,16,20)(H,18,19)/t10-,11+/m1/s1. The van der Waals surface area contributed by atoms with E-state index in [9.17, 15) is 14.7 Å². The summed E-state index contributed by atoms with van der Waals surface area (Å²) in [6.07, 6.45) is -2.37. The maximum Gasteiger partial charge on any atom is 0.408 e. The maximum atomic E-state index is 11.6.